The van der Waals surface area contributed by atoms with Crippen LogP contribution in [0, 0.1) is 5.92 Å². The first-order valence-electron chi connectivity index (χ1n) is 6.00. The van der Waals surface area contributed by atoms with Gasteiger partial charge in [0.1, 0.15) is 0 Å². The number of benzene rings is 1. The molecule has 0 fully saturated rings. The molecule has 0 aromatic heterocycles. The van der Waals surface area contributed by atoms with Gasteiger partial charge in [0, 0.05) is 13.7 Å². The third-order valence-corrected chi connectivity index (χ3v) is 2.60. The molecule has 0 heterocycles. The van der Waals surface area contributed by atoms with Crippen molar-refractivity contribution in [3.8, 4) is 0 Å². The van der Waals surface area contributed by atoms with E-state index < -0.39 is 6.10 Å². The topological polar surface area (TPSA) is 38.3 Å². The van der Waals surface area contributed by atoms with Gasteiger partial charge in [0.05, 0.1) is 0 Å². The number of rotatable bonds is 6. The van der Waals surface area contributed by atoms with Gasteiger partial charge in [0.25, 0.3) is 5.91 Å². The Bertz CT molecular complexity index is 335. The SMILES string of the molecule is CO[C@@H](C(=O)NCCC(C)C)c1ccccc1. The maximum Gasteiger partial charge on any atom is 0.253 e. The van der Waals surface area contributed by atoms with Gasteiger partial charge in [-0.25, -0.2) is 0 Å². The van der Waals surface area contributed by atoms with Crippen molar-refractivity contribution in [2.45, 2.75) is 26.4 Å². The number of carbonyl (C=O) groups excluding carboxylic acids is 1. The van der Waals surface area contributed by atoms with Gasteiger partial charge in [0.15, 0.2) is 6.10 Å². The van der Waals surface area contributed by atoms with Gasteiger partial charge in [-0.05, 0) is 17.9 Å². The predicted molar refractivity (Wildman–Crippen MR) is 68.7 cm³/mol. The molecule has 0 radical (unpaired) electrons. The second-order valence-corrected chi connectivity index (χ2v) is 4.50. The van der Waals surface area contributed by atoms with Gasteiger partial charge < -0.3 is 10.1 Å². The fraction of sp³-hybridized carbons (Fsp3) is 0.500. The molecule has 17 heavy (non-hydrogen) atoms. The minimum atomic E-state index is -0.511. The summed E-state index contributed by atoms with van der Waals surface area (Å²) in [6.07, 6.45) is 0.472. The molecular weight excluding hydrogens is 214 g/mol. The fourth-order valence-corrected chi connectivity index (χ4v) is 1.60. The molecule has 0 aliphatic rings. The van der Waals surface area contributed by atoms with Crippen molar-refractivity contribution in [3.05, 3.63) is 35.9 Å². The quantitative estimate of drug-likeness (QED) is 0.823. The lowest BCUT2D eigenvalue weighted by Crippen LogP contribution is -2.31. The molecule has 3 heteroatoms. The highest BCUT2D eigenvalue weighted by atomic mass is 16.5. The summed E-state index contributed by atoms with van der Waals surface area (Å²) in [5.41, 5.74) is 0.886. The average Bonchev–Trinajstić information content (AvgIpc) is 2.31. The van der Waals surface area contributed by atoms with E-state index in [2.05, 4.69) is 19.2 Å². The zero-order valence-electron chi connectivity index (χ0n) is 10.8. The van der Waals surface area contributed by atoms with Crippen molar-refractivity contribution in [1.29, 1.82) is 0 Å². The molecule has 0 unspecified atom stereocenters. The highest BCUT2D eigenvalue weighted by Gasteiger charge is 2.18. The van der Waals surface area contributed by atoms with Crippen LogP contribution in [0.25, 0.3) is 0 Å². The normalized spacial score (nSPS) is 12.5. The van der Waals surface area contributed by atoms with Crippen molar-refractivity contribution < 1.29 is 9.53 Å². The molecular formula is C14H21NO2. The van der Waals surface area contributed by atoms with E-state index in [4.69, 9.17) is 4.74 Å². The molecule has 1 atom stereocenters. The maximum absolute atomic E-state index is 11.9. The summed E-state index contributed by atoms with van der Waals surface area (Å²) in [6, 6.07) is 9.53. The largest absolute Gasteiger partial charge is 0.367 e. The predicted octanol–water partition coefficient (Wildman–Crippen LogP) is 2.54. The van der Waals surface area contributed by atoms with Gasteiger partial charge in [0.2, 0.25) is 0 Å². The van der Waals surface area contributed by atoms with Gasteiger partial charge in [-0.2, -0.15) is 0 Å². The summed E-state index contributed by atoms with van der Waals surface area (Å²) in [7, 11) is 1.56. The number of amides is 1. The van der Waals surface area contributed by atoms with Crippen LogP contribution in [0.3, 0.4) is 0 Å². The Hall–Kier alpha value is -1.35. The van der Waals surface area contributed by atoms with Crippen LogP contribution in [0.2, 0.25) is 0 Å². The van der Waals surface area contributed by atoms with Crippen LogP contribution in [-0.4, -0.2) is 19.6 Å². The molecule has 1 aromatic carbocycles. The number of hydrogen-bond acceptors (Lipinski definition) is 2. The molecule has 94 valence electrons. The minimum Gasteiger partial charge on any atom is -0.367 e. The van der Waals surface area contributed by atoms with Crippen LogP contribution in [0.4, 0.5) is 0 Å². The second kappa shape index (κ2) is 7.07. The number of nitrogens with one attached hydrogen (secondary N) is 1. The molecule has 0 saturated heterocycles. The van der Waals surface area contributed by atoms with Crippen molar-refractivity contribution in [2.24, 2.45) is 5.92 Å². The molecule has 0 bridgehead atoms. The van der Waals surface area contributed by atoms with Crippen LogP contribution < -0.4 is 5.32 Å². The van der Waals surface area contributed by atoms with Crippen LogP contribution in [0.15, 0.2) is 30.3 Å². The first kappa shape index (κ1) is 13.7. The Balaban J connectivity index is 2.53. The van der Waals surface area contributed by atoms with E-state index in [0.717, 1.165) is 12.0 Å². The van der Waals surface area contributed by atoms with E-state index in [-0.39, 0.29) is 5.91 Å². The number of ether oxygens (including phenoxy) is 1. The number of methoxy groups -OCH3 is 1. The highest BCUT2D eigenvalue weighted by Crippen LogP contribution is 2.16. The Morgan fingerprint density at radius 3 is 2.47 bits per heavy atom. The lowest BCUT2D eigenvalue weighted by Gasteiger charge is -2.16. The van der Waals surface area contributed by atoms with Gasteiger partial charge in [-0.1, -0.05) is 44.2 Å². The lowest BCUT2D eigenvalue weighted by molar-refractivity contribution is -0.131. The standard InChI is InChI=1S/C14H21NO2/c1-11(2)9-10-15-14(16)13(17-3)12-7-5-4-6-8-12/h4-8,11,13H,9-10H2,1-3H3,(H,15,16)/t13-/m1/s1. The monoisotopic (exact) mass is 235 g/mol. The lowest BCUT2D eigenvalue weighted by atomic mass is 10.1. The molecule has 1 amide bonds. The maximum atomic E-state index is 11.9. The van der Waals surface area contributed by atoms with Gasteiger partial charge in [-0.3, -0.25) is 4.79 Å². The summed E-state index contributed by atoms with van der Waals surface area (Å²) in [5.74, 6) is 0.521. The molecule has 1 aromatic rings. The highest BCUT2D eigenvalue weighted by molar-refractivity contribution is 5.82. The second-order valence-electron chi connectivity index (χ2n) is 4.50. The zero-order chi connectivity index (χ0) is 12.7. The van der Waals surface area contributed by atoms with Crippen molar-refractivity contribution in [1.82, 2.24) is 5.32 Å². The van der Waals surface area contributed by atoms with E-state index in [1.165, 1.54) is 0 Å². The smallest absolute Gasteiger partial charge is 0.253 e. The third kappa shape index (κ3) is 4.57. The van der Waals surface area contributed by atoms with Gasteiger partial charge >= 0.3 is 0 Å². The van der Waals surface area contributed by atoms with Crippen molar-refractivity contribution in [2.75, 3.05) is 13.7 Å². The minimum absolute atomic E-state index is 0.0700. The average molecular weight is 235 g/mol. The first-order chi connectivity index (χ1) is 8.15. The Kier molecular flexibility index (Phi) is 5.70. The van der Waals surface area contributed by atoms with E-state index >= 15 is 0 Å². The summed E-state index contributed by atoms with van der Waals surface area (Å²) < 4.78 is 5.24. The number of hydrogen-bond donors (Lipinski definition) is 1. The van der Waals surface area contributed by atoms with Gasteiger partial charge in [-0.15, -0.1) is 0 Å². The van der Waals surface area contributed by atoms with E-state index in [1.54, 1.807) is 7.11 Å². The number of carbonyl (C=O) groups is 1. The van der Waals surface area contributed by atoms with Crippen molar-refractivity contribution in [3.63, 3.8) is 0 Å². The zero-order valence-corrected chi connectivity index (χ0v) is 10.8. The Morgan fingerprint density at radius 2 is 1.94 bits per heavy atom. The summed E-state index contributed by atoms with van der Waals surface area (Å²) in [5, 5.41) is 2.90. The van der Waals surface area contributed by atoms with Crippen LogP contribution in [0.5, 0.6) is 0 Å². The van der Waals surface area contributed by atoms with E-state index in [9.17, 15) is 4.79 Å². The Labute approximate surface area is 103 Å². The molecule has 1 N–H and O–H groups in total. The molecule has 0 saturated carbocycles. The summed E-state index contributed by atoms with van der Waals surface area (Å²) in [4.78, 5) is 11.9. The third-order valence-electron chi connectivity index (χ3n) is 2.60. The van der Waals surface area contributed by atoms with Crippen LogP contribution >= 0.6 is 0 Å². The molecule has 0 aliphatic heterocycles. The Morgan fingerprint density at radius 1 is 1.29 bits per heavy atom. The van der Waals surface area contributed by atoms with Crippen molar-refractivity contribution >= 4 is 5.91 Å². The van der Waals surface area contributed by atoms with Crippen LogP contribution in [-0.2, 0) is 9.53 Å². The molecule has 0 spiro atoms. The summed E-state index contributed by atoms with van der Waals surface area (Å²) in [6.45, 7) is 4.97. The van der Waals surface area contributed by atoms with E-state index in [0.29, 0.717) is 12.5 Å². The van der Waals surface area contributed by atoms with E-state index in [1.807, 2.05) is 30.3 Å². The molecule has 1 rings (SSSR count). The summed E-state index contributed by atoms with van der Waals surface area (Å²) >= 11 is 0. The molecule has 3 nitrogen and oxygen atoms in total. The fourth-order valence-electron chi connectivity index (χ4n) is 1.60. The molecule has 0 aliphatic carbocycles. The van der Waals surface area contributed by atoms with Crippen LogP contribution in [0.1, 0.15) is 31.9 Å². The first-order valence-corrected chi connectivity index (χ1v) is 6.00.